The van der Waals surface area contributed by atoms with Crippen molar-refractivity contribution in [2.24, 2.45) is 0 Å². The minimum absolute atomic E-state index is 0.0885. The second kappa shape index (κ2) is 7.38. The Balaban J connectivity index is 1.67. The van der Waals surface area contributed by atoms with Gasteiger partial charge in [-0.25, -0.2) is 9.07 Å². The Morgan fingerprint density at radius 1 is 1.21 bits per heavy atom. The van der Waals surface area contributed by atoms with Gasteiger partial charge in [0.05, 0.1) is 5.69 Å². The molecule has 126 valence electrons. The molecular weight excluding hydrogens is 309 g/mol. The van der Waals surface area contributed by atoms with Gasteiger partial charge in [-0.05, 0) is 37.3 Å². The highest BCUT2D eigenvalue weighted by atomic mass is 19.1. The van der Waals surface area contributed by atoms with Crippen molar-refractivity contribution in [3.63, 3.8) is 0 Å². The summed E-state index contributed by atoms with van der Waals surface area (Å²) in [6, 6.07) is 7.86. The molecular formula is C18H20FN3O2. The third kappa shape index (κ3) is 3.88. The molecule has 1 N–H and O–H groups in total. The molecule has 1 amide bonds. The normalized spacial score (nSPS) is 13.9. The van der Waals surface area contributed by atoms with E-state index in [1.54, 1.807) is 24.3 Å². The molecule has 0 saturated heterocycles. The van der Waals surface area contributed by atoms with E-state index in [4.69, 9.17) is 0 Å². The van der Waals surface area contributed by atoms with Gasteiger partial charge in [-0.1, -0.05) is 24.6 Å². The molecule has 24 heavy (non-hydrogen) atoms. The Labute approximate surface area is 139 Å². The smallest absolute Gasteiger partial charge is 0.267 e. The monoisotopic (exact) mass is 329 g/mol. The Kier molecular flexibility index (Phi) is 5.03. The van der Waals surface area contributed by atoms with E-state index in [0.29, 0.717) is 5.56 Å². The predicted molar refractivity (Wildman–Crippen MR) is 88.0 cm³/mol. The van der Waals surface area contributed by atoms with Crippen molar-refractivity contribution < 1.29 is 9.18 Å². The van der Waals surface area contributed by atoms with Gasteiger partial charge in [0, 0.05) is 18.2 Å². The van der Waals surface area contributed by atoms with Crippen LogP contribution < -0.4 is 10.9 Å². The van der Waals surface area contributed by atoms with Crippen LogP contribution in [0.25, 0.3) is 0 Å². The molecule has 1 aromatic carbocycles. The molecule has 3 rings (SSSR count). The van der Waals surface area contributed by atoms with Crippen molar-refractivity contribution in [3.05, 3.63) is 63.3 Å². The van der Waals surface area contributed by atoms with Crippen LogP contribution in [0.2, 0.25) is 0 Å². The summed E-state index contributed by atoms with van der Waals surface area (Å²) >= 11 is 0. The number of rotatable bonds is 4. The van der Waals surface area contributed by atoms with Gasteiger partial charge >= 0.3 is 0 Å². The number of carbonyl (C=O) groups excluding carboxylic acids is 1. The van der Waals surface area contributed by atoms with E-state index in [0.717, 1.165) is 43.4 Å². The topological polar surface area (TPSA) is 64.0 Å². The number of nitrogens with zero attached hydrogens (tertiary/aromatic N) is 2. The van der Waals surface area contributed by atoms with E-state index in [2.05, 4.69) is 10.4 Å². The lowest BCUT2D eigenvalue weighted by molar-refractivity contribution is -0.122. The van der Waals surface area contributed by atoms with E-state index >= 15 is 0 Å². The molecule has 1 heterocycles. The van der Waals surface area contributed by atoms with Crippen molar-refractivity contribution in [1.82, 2.24) is 15.1 Å². The van der Waals surface area contributed by atoms with E-state index in [1.807, 2.05) is 0 Å². The maximum atomic E-state index is 13.5. The standard InChI is InChI=1S/C18H20FN3O2/c19-15-8-5-4-7-14(15)11-20-17(23)12-22-18(24)10-13-6-2-1-3-9-16(13)21-22/h4-5,7-8,10H,1-3,6,9,11-12H2,(H,20,23). The lowest BCUT2D eigenvalue weighted by Crippen LogP contribution is -2.34. The van der Waals surface area contributed by atoms with E-state index in [1.165, 1.54) is 10.7 Å². The lowest BCUT2D eigenvalue weighted by Gasteiger charge is -2.10. The number of amides is 1. The Bertz CT molecular complexity index is 801. The molecule has 5 nitrogen and oxygen atoms in total. The molecule has 0 atom stereocenters. The molecule has 6 heteroatoms. The quantitative estimate of drug-likeness (QED) is 0.872. The van der Waals surface area contributed by atoms with Crippen LogP contribution >= 0.6 is 0 Å². The molecule has 0 saturated carbocycles. The van der Waals surface area contributed by atoms with Crippen LogP contribution in [0.15, 0.2) is 35.1 Å². The number of aryl methyl sites for hydroxylation is 2. The molecule has 0 radical (unpaired) electrons. The fourth-order valence-corrected chi connectivity index (χ4v) is 2.92. The van der Waals surface area contributed by atoms with Gasteiger partial charge in [0.2, 0.25) is 5.91 Å². The first-order chi connectivity index (χ1) is 11.6. The van der Waals surface area contributed by atoms with Gasteiger partial charge in [-0.2, -0.15) is 5.10 Å². The van der Waals surface area contributed by atoms with Crippen LogP contribution in [-0.4, -0.2) is 15.7 Å². The fourth-order valence-electron chi connectivity index (χ4n) is 2.92. The van der Waals surface area contributed by atoms with E-state index < -0.39 is 0 Å². The summed E-state index contributed by atoms with van der Waals surface area (Å²) < 4.78 is 14.7. The van der Waals surface area contributed by atoms with Crippen LogP contribution in [0, 0.1) is 5.82 Å². The Morgan fingerprint density at radius 2 is 2.00 bits per heavy atom. The minimum atomic E-state index is -0.363. The Morgan fingerprint density at radius 3 is 2.83 bits per heavy atom. The molecule has 0 spiro atoms. The maximum Gasteiger partial charge on any atom is 0.267 e. The molecule has 1 aromatic heterocycles. The van der Waals surface area contributed by atoms with Gasteiger partial charge in [0.15, 0.2) is 0 Å². The van der Waals surface area contributed by atoms with Gasteiger partial charge in [-0.3, -0.25) is 9.59 Å². The summed E-state index contributed by atoms with van der Waals surface area (Å²) in [6.07, 6.45) is 4.97. The largest absolute Gasteiger partial charge is 0.350 e. The minimum Gasteiger partial charge on any atom is -0.350 e. The maximum absolute atomic E-state index is 13.5. The van der Waals surface area contributed by atoms with Crippen LogP contribution in [0.5, 0.6) is 0 Å². The summed E-state index contributed by atoms with van der Waals surface area (Å²) in [7, 11) is 0. The number of fused-ring (bicyclic) bond motifs is 1. The van der Waals surface area contributed by atoms with Gasteiger partial charge in [0.25, 0.3) is 5.56 Å². The van der Waals surface area contributed by atoms with Crippen molar-refractivity contribution in [2.75, 3.05) is 0 Å². The van der Waals surface area contributed by atoms with Gasteiger partial charge in [-0.15, -0.1) is 0 Å². The number of carbonyl (C=O) groups is 1. The highest BCUT2D eigenvalue weighted by Gasteiger charge is 2.14. The van der Waals surface area contributed by atoms with Crippen molar-refractivity contribution in [2.45, 2.75) is 45.2 Å². The van der Waals surface area contributed by atoms with Crippen LogP contribution in [0.4, 0.5) is 4.39 Å². The number of nitrogens with one attached hydrogen (secondary N) is 1. The zero-order valence-corrected chi connectivity index (χ0v) is 13.4. The first-order valence-electron chi connectivity index (χ1n) is 8.23. The number of halogens is 1. The second-order valence-electron chi connectivity index (χ2n) is 6.04. The summed E-state index contributed by atoms with van der Waals surface area (Å²) in [5.41, 5.74) is 2.05. The van der Waals surface area contributed by atoms with Gasteiger partial charge in [0.1, 0.15) is 12.4 Å². The molecule has 1 aliphatic carbocycles. The average molecular weight is 329 g/mol. The highest BCUT2D eigenvalue weighted by Crippen LogP contribution is 2.16. The number of hydrogen-bond acceptors (Lipinski definition) is 3. The summed E-state index contributed by atoms with van der Waals surface area (Å²) in [4.78, 5) is 24.2. The van der Waals surface area contributed by atoms with Crippen LogP contribution in [0.3, 0.4) is 0 Å². The third-order valence-corrected chi connectivity index (χ3v) is 4.25. The van der Waals surface area contributed by atoms with Crippen molar-refractivity contribution in [3.8, 4) is 0 Å². The SMILES string of the molecule is O=C(Cn1nc2c(cc1=O)CCCCC2)NCc1ccccc1F. The zero-order valence-electron chi connectivity index (χ0n) is 13.4. The number of benzene rings is 1. The van der Waals surface area contributed by atoms with Gasteiger partial charge < -0.3 is 5.32 Å². The molecule has 2 aromatic rings. The predicted octanol–water partition coefficient (Wildman–Crippen LogP) is 1.97. The summed E-state index contributed by atoms with van der Waals surface area (Å²) in [6.45, 7) is -0.0637. The lowest BCUT2D eigenvalue weighted by atomic mass is 10.1. The average Bonchev–Trinajstić information content (AvgIpc) is 2.79. The summed E-state index contributed by atoms with van der Waals surface area (Å²) in [5.74, 6) is -0.723. The van der Waals surface area contributed by atoms with E-state index in [-0.39, 0.29) is 30.4 Å². The fraction of sp³-hybridized carbons (Fsp3) is 0.389. The van der Waals surface area contributed by atoms with Crippen LogP contribution in [-0.2, 0) is 30.7 Å². The molecule has 0 aliphatic heterocycles. The van der Waals surface area contributed by atoms with Crippen molar-refractivity contribution in [1.29, 1.82) is 0 Å². The Hall–Kier alpha value is -2.50. The second-order valence-corrected chi connectivity index (χ2v) is 6.04. The van der Waals surface area contributed by atoms with Crippen molar-refractivity contribution >= 4 is 5.91 Å². The zero-order chi connectivity index (χ0) is 16.9. The molecule has 1 aliphatic rings. The number of aromatic nitrogens is 2. The third-order valence-electron chi connectivity index (χ3n) is 4.25. The molecule has 0 unspecified atom stereocenters. The molecule has 0 bridgehead atoms. The molecule has 0 fully saturated rings. The van der Waals surface area contributed by atoms with Crippen LogP contribution in [0.1, 0.15) is 36.1 Å². The summed E-state index contributed by atoms with van der Waals surface area (Å²) in [5, 5.41) is 6.98. The first-order valence-corrected chi connectivity index (χ1v) is 8.23. The highest BCUT2D eigenvalue weighted by molar-refractivity contribution is 5.75. The first kappa shape index (κ1) is 16.4. The van der Waals surface area contributed by atoms with E-state index in [9.17, 15) is 14.0 Å². The number of hydrogen-bond donors (Lipinski definition) is 1.